The van der Waals surface area contributed by atoms with Crippen LogP contribution in [0.1, 0.15) is 41.5 Å². The summed E-state index contributed by atoms with van der Waals surface area (Å²) in [6, 6.07) is 10.3. The largest absolute Gasteiger partial charge is 0.469 e. The van der Waals surface area contributed by atoms with Crippen molar-refractivity contribution in [2.75, 3.05) is 33.9 Å². The lowest BCUT2D eigenvalue weighted by atomic mass is 9.74. The van der Waals surface area contributed by atoms with Crippen molar-refractivity contribution in [1.29, 1.82) is 0 Å². The Hall–Kier alpha value is -2.63. The van der Waals surface area contributed by atoms with Gasteiger partial charge in [0.1, 0.15) is 6.42 Å². The molecule has 1 fully saturated rings. The van der Waals surface area contributed by atoms with Gasteiger partial charge in [0.15, 0.2) is 0 Å². The van der Waals surface area contributed by atoms with E-state index in [2.05, 4.69) is 10.1 Å². The molecule has 11 heteroatoms. The topological polar surface area (TPSA) is 56.8 Å². The Morgan fingerprint density at radius 2 is 1.42 bits per heavy atom. The van der Waals surface area contributed by atoms with E-state index in [9.17, 15) is 31.1 Å². The Morgan fingerprint density at radius 3 is 1.89 bits per heavy atom. The molecule has 1 unspecified atom stereocenters. The smallest absolute Gasteiger partial charge is 0.416 e. The van der Waals surface area contributed by atoms with Gasteiger partial charge < -0.3 is 19.5 Å². The molecule has 2 aromatic rings. The first kappa shape index (κ1) is 27.9. The zero-order valence-electron chi connectivity index (χ0n) is 19.8. The number of halogens is 6. The van der Waals surface area contributed by atoms with Crippen molar-refractivity contribution in [3.8, 4) is 0 Å². The van der Waals surface area contributed by atoms with Crippen LogP contribution in [0.5, 0.6) is 0 Å². The second kappa shape index (κ2) is 10.8. The van der Waals surface area contributed by atoms with Crippen LogP contribution < -0.4 is 5.32 Å². The monoisotopic (exact) mass is 519 g/mol. The number of benzene rings is 2. The summed E-state index contributed by atoms with van der Waals surface area (Å²) in [6.45, 7) is 1.12. The summed E-state index contributed by atoms with van der Waals surface area (Å²) >= 11 is 0. The van der Waals surface area contributed by atoms with Crippen LogP contribution in [0.3, 0.4) is 0 Å². The molecular weight excluding hydrogens is 492 g/mol. The highest BCUT2D eigenvalue weighted by molar-refractivity contribution is 5.70. The summed E-state index contributed by atoms with van der Waals surface area (Å²) in [5.41, 5.74) is -3.38. The van der Waals surface area contributed by atoms with Crippen LogP contribution in [-0.4, -0.2) is 39.9 Å². The van der Waals surface area contributed by atoms with Gasteiger partial charge in [0.2, 0.25) is 5.79 Å². The highest BCUT2D eigenvalue weighted by Gasteiger charge is 2.45. The SMILES string of the molecule is COC(=O)CC(OC)(OCC1(c2ccccc2)CCNCC1)c1cc(C(F)(F)F)cc(C(F)(F)F)c1. The van der Waals surface area contributed by atoms with Crippen molar-refractivity contribution in [3.63, 3.8) is 0 Å². The highest BCUT2D eigenvalue weighted by atomic mass is 19.4. The van der Waals surface area contributed by atoms with E-state index in [4.69, 9.17) is 9.47 Å². The molecule has 1 N–H and O–H groups in total. The quantitative estimate of drug-likeness (QED) is 0.287. The molecule has 1 aliphatic rings. The summed E-state index contributed by atoms with van der Waals surface area (Å²) < 4.78 is 97.6. The summed E-state index contributed by atoms with van der Waals surface area (Å²) in [5, 5.41) is 3.23. The fourth-order valence-corrected chi connectivity index (χ4v) is 4.39. The lowest BCUT2D eigenvalue weighted by Crippen LogP contribution is -2.46. The number of hydrogen-bond acceptors (Lipinski definition) is 5. The third kappa shape index (κ3) is 6.19. The van der Waals surface area contributed by atoms with Crippen LogP contribution in [0.25, 0.3) is 0 Å². The Labute approximate surface area is 204 Å². The number of ether oxygens (including phenoxy) is 3. The lowest BCUT2D eigenvalue weighted by Gasteiger charge is -2.42. The molecule has 36 heavy (non-hydrogen) atoms. The van der Waals surface area contributed by atoms with Crippen molar-refractivity contribution in [3.05, 3.63) is 70.8 Å². The molecule has 0 aromatic heterocycles. The van der Waals surface area contributed by atoms with Gasteiger partial charge in [-0.2, -0.15) is 26.3 Å². The molecule has 198 valence electrons. The third-order valence-electron chi connectivity index (χ3n) is 6.49. The number of piperidine rings is 1. The number of carbonyl (C=O) groups is 1. The van der Waals surface area contributed by atoms with E-state index in [1.807, 2.05) is 30.3 Å². The van der Waals surface area contributed by atoms with Crippen LogP contribution in [0, 0.1) is 0 Å². The van der Waals surface area contributed by atoms with Crippen LogP contribution >= 0.6 is 0 Å². The molecule has 1 atom stereocenters. The fourth-order valence-electron chi connectivity index (χ4n) is 4.39. The molecule has 2 aromatic carbocycles. The number of methoxy groups -OCH3 is 2. The van der Waals surface area contributed by atoms with Crippen molar-refractivity contribution in [2.45, 2.75) is 42.8 Å². The maximum Gasteiger partial charge on any atom is 0.416 e. The van der Waals surface area contributed by atoms with Crippen molar-refractivity contribution in [1.82, 2.24) is 5.32 Å². The number of esters is 1. The average Bonchev–Trinajstić information content (AvgIpc) is 2.86. The zero-order valence-corrected chi connectivity index (χ0v) is 19.8. The van der Waals surface area contributed by atoms with Gasteiger partial charge in [-0.15, -0.1) is 0 Å². The lowest BCUT2D eigenvalue weighted by molar-refractivity contribution is -0.247. The molecule has 1 heterocycles. The van der Waals surface area contributed by atoms with E-state index in [0.717, 1.165) is 19.8 Å². The minimum absolute atomic E-state index is 0.0142. The van der Waals surface area contributed by atoms with Crippen molar-refractivity contribution < 1.29 is 45.3 Å². The van der Waals surface area contributed by atoms with Crippen LogP contribution in [0.4, 0.5) is 26.3 Å². The molecule has 0 saturated carbocycles. The molecule has 0 aliphatic carbocycles. The standard InChI is InChI=1S/C25H27F6NO4/c1-34-21(33)15-23(35-2,18-12-19(24(26,27)28)14-20(13-18)25(29,30)31)36-16-22(8-10-32-11-9-22)17-6-4-3-5-7-17/h3-7,12-14,32H,8-11,15-16H2,1-2H3. The first-order chi connectivity index (χ1) is 16.9. The molecule has 0 radical (unpaired) electrons. The Balaban J connectivity index is 2.12. The zero-order chi connectivity index (χ0) is 26.6. The Kier molecular flexibility index (Phi) is 8.37. The second-order valence-electron chi connectivity index (χ2n) is 8.69. The fraction of sp³-hybridized carbons (Fsp3) is 0.480. The van der Waals surface area contributed by atoms with E-state index in [1.54, 1.807) is 0 Å². The maximum absolute atomic E-state index is 13.6. The molecular formula is C25H27F6NO4. The van der Waals surface area contributed by atoms with Gasteiger partial charge in [0.05, 0.1) is 24.8 Å². The maximum atomic E-state index is 13.6. The molecule has 0 bridgehead atoms. The van der Waals surface area contributed by atoms with E-state index in [1.165, 1.54) is 0 Å². The van der Waals surface area contributed by atoms with Gasteiger partial charge in [0.25, 0.3) is 0 Å². The number of hydrogen-bond donors (Lipinski definition) is 1. The number of alkyl halides is 6. The minimum Gasteiger partial charge on any atom is -0.469 e. The minimum atomic E-state index is -5.08. The first-order valence-electron chi connectivity index (χ1n) is 11.2. The summed E-state index contributed by atoms with van der Waals surface area (Å²) in [4.78, 5) is 12.3. The molecule has 1 saturated heterocycles. The highest BCUT2D eigenvalue weighted by Crippen LogP contribution is 2.43. The summed E-state index contributed by atoms with van der Waals surface area (Å²) in [5.74, 6) is -3.19. The average molecular weight is 519 g/mol. The number of nitrogens with one attached hydrogen (secondary N) is 1. The van der Waals surface area contributed by atoms with Crippen molar-refractivity contribution >= 4 is 5.97 Å². The normalized spacial score (nSPS) is 17.9. The molecule has 0 spiro atoms. The predicted molar refractivity (Wildman–Crippen MR) is 118 cm³/mol. The van der Waals surface area contributed by atoms with Crippen LogP contribution in [0.2, 0.25) is 0 Å². The van der Waals surface area contributed by atoms with Crippen LogP contribution in [0.15, 0.2) is 48.5 Å². The Bertz CT molecular complexity index is 1000. The number of rotatable bonds is 8. The Morgan fingerprint density at radius 1 is 0.889 bits per heavy atom. The van der Waals surface area contributed by atoms with Gasteiger partial charge in [-0.05, 0) is 49.7 Å². The van der Waals surface area contributed by atoms with Crippen molar-refractivity contribution in [2.24, 2.45) is 0 Å². The van der Waals surface area contributed by atoms with Gasteiger partial charge >= 0.3 is 18.3 Å². The third-order valence-corrected chi connectivity index (χ3v) is 6.49. The molecule has 0 amide bonds. The second-order valence-corrected chi connectivity index (χ2v) is 8.69. The summed E-state index contributed by atoms with van der Waals surface area (Å²) in [6.07, 6.45) is -9.75. The van der Waals surface area contributed by atoms with E-state index < -0.39 is 52.6 Å². The van der Waals surface area contributed by atoms with Gasteiger partial charge in [0, 0.05) is 18.1 Å². The van der Waals surface area contributed by atoms with Gasteiger partial charge in [-0.3, -0.25) is 4.79 Å². The van der Waals surface area contributed by atoms with Gasteiger partial charge in [-0.25, -0.2) is 0 Å². The predicted octanol–water partition coefficient (Wildman–Crippen LogP) is 5.42. The van der Waals surface area contributed by atoms with Crippen LogP contribution in [-0.2, 0) is 42.6 Å². The summed E-state index contributed by atoms with van der Waals surface area (Å²) in [7, 11) is 2.11. The molecule has 3 rings (SSSR count). The van der Waals surface area contributed by atoms with E-state index in [0.29, 0.717) is 38.1 Å². The van der Waals surface area contributed by atoms with E-state index >= 15 is 0 Å². The first-order valence-corrected chi connectivity index (χ1v) is 11.2. The van der Waals surface area contributed by atoms with Gasteiger partial charge in [-0.1, -0.05) is 30.3 Å². The van der Waals surface area contributed by atoms with E-state index in [-0.39, 0.29) is 12.7 Å². The number of carbonyl (C=O) groups excluding carboxylic acids is 1. The molecule has 1 aliphatic heterocycles. The molecule has 5 nitrogen and oxygen atoms in total.